The van der Waals surface area contributed by atoms with Crippen LogP contribution in [0.1, 0.15) is 34.7 Å². The average molecular weight is 418 g/mol. The van der Waals surface area contributed by atoms with Gasteiger partial charge in [0.15, 0.2) is 11.6 Å². The number of anilines is 1. The lowest BCUT2D eigenvalue weighted by atomic mass is 10.2. The molecule has 0 aliphatic carbocycles. The van der Waals surface area contributed by atoms with Crippen LogP contribution in [0.5, 0.6) is 0 Å². The number of nitrogens with zero attached hydrogens (tertiary/aromatic N) is 2. The van der Waals surface area contributed by atoms with Crippen LogP contribution >= 0.6 is 11.3 Å². The van der Waals surface area contributed by atoms with E-state index < -0.39 is 10.0 Å². The van der Waals surface area contributed by atoms with Crippen LogP contribution < -0.4 is 9.62 Å². The number of nitrogens with one attached hydrogen (secondary N) is 2. The lowest BCUT2D eigenvalue weighted by molar-refractivity contribution is -0.902. The van der Waals surface area contributed by atoms with Crippen LogP contribution in [0.25, 0.3) is 10.2 Å². The summed E-state index contributed by atoms with van der Waals surface area (Å²) in [4.78, 5) is 13.1. The Balaban J connectivity index is 1.76. The molecule has 0 unspecified atom stereocenters. The third kappa shape index (κ3) is 3.76. The summed E-state index contributed by atoms with van der Waals surface area (Å²) in [5.41, 5.74) is 2.05. The summed E-state index contributed by atoms with van der Waals surface area (Å²) in [6.07, 6.45) is 2.45. The molecule has 1 aliphatic rings. The van der Waals surface area contributed by atoms with E-state index in [1.165, 1.54) is 17.7 Å². The number of sulfonamides is 1. The Morgan fingerprint density at radius 3 is 2.43 bits per heavy atom. The number of fused-ring (bicyclic) bond motifs is 1. The average Bonchev–Trinajstić information content (AvgIpc) is 3.23. The SMILES string of the molecule is Cc1ccc(S(=O)(=O)Nc2nc(C[NH+]3CCCC3)nc3sc(C)c(C)c23)cc1. The van der Waals surface area contributed by atoms with Crippen LogP contribution in [-0.2, 0) is 16.6 Å². The molecule has 1 aliphatic heterocycles. The van der Waals surface area contributed by atoms with Crippen molar-refractivity contribution in [1.29, 1.82) is 0 Å². The van der Waals surface area contributed by atoms with E-state index in [0.29, 0.717) is 11.6 Å². The van der Waals surface area contributed by atoms with Gasteiger partial charge in [-0.15, -0.1) is 11.3 Å². The zero-order valence-corrected chi connectivity index (χ0v) is 18.0. The second-order valence-corrected chi connectivity index (χ2v) is 10.4. The molecule has 0 radical (unpaired) electrons. The Kier molecular flexibility index (Phi) is 5.11. The van der Waals surface area contributed by atoms with Crippen molar-refractivity contribution in [3.8, 4) is 0 Å². The smallest absolute Gasteiger partial charge is 0.263 e. The lowest BCUT2D eigenvalue weighted by Crippen LogP contribution is -3.08. The van der Waals surface area contributed by atoms with Crippen molar-refractivity contribution in [2.75, 3.05) is 17.8 Å². The van der Waals surface area contributed by atoms with E-state index in [1.54, 1.807) is 35.6 Å². The van der Waals surface area contributed by atoms with Gasteiger partial charge in [-0.25, -0.2) is 18.4 Å². The second-order valence-electron chi connectivity index (χ2n) is 7.50. The minimum Gasteiger partial charge on any atom is -0.329 e. The van der Waals surface area contributed by atoms with Gasteiger partial charge >= 0.3 is 0 Å². The summed E-state index contributed by atoms with van der Waals surface area (Å²) >= 11 is 1.59. The first-order valence-electron chi connectivity index (χ1n) is 9.53. The monoisotopic (exact) mass is 417 g/mol. The first kappa shape index (κ1) is 19.3. The molecule has 3 heterocycles. The standard InChI is InChI=1S/C20H24N4O2S2/c1-13-6-8-16(9-7-13)28(25,26)23-19-18-14(2)15(3)27-20(18)22-17(21-19)12-24-10-4-5-11-24/h6-9H,4-5,10-12H2,1-3H3,(H,21,22,23)/p+1. The van der Waals surface area contributed by atoms with E-state index in [4.69, 9.17) is 4.98 Å². The first-order chi connectivity index (χ1) is 13.3. The first-order valence-corrected chi connectivity index (χ1v) is 11.8. The van der Waals surface area contributed by atoms with Gasteiger partial charge in [-0.3, -0.25) is 4.72 Å². The fourth-order valence-corrected chi connectivity index (χ4v) is 5.69. The molecule has 28 heavy (non-hydrogen) atoms. The van der Waals surface area contributed by atoms with Gasteiger partial charge in [-0.2, -0.15) is 0 Å². The van der Waals surface area contributed by atoms with Crippen molar-refractivity contribution in [3.05, 3.63) is 46.1 Å². The molecule has 4 rings (SSSR count). The molecule has 1 fully saturated rings. The third-order valence-electron chi connectivity index (χ3n) is 5.36. The summed E-state index contributed by atoms with van der Waals surface area (Å²) in [6.45, 7) is 8.92. The normalized spacial score (nSPS) is 15.4. The number of quaternary nitrogens is 1. The van der Waals surface area contributed by atoms with Crippen LogP contribution in [0.4, 0.5) is 5.82 Å². The Morgan fingerprint density at radius 1 is 1.07 bits per heavy atom. The maximum absolute atomic E-state index is 13.0. The maximum atomic E-state index is 13.0. The zero-order chi connectivity index (χ0) is 19.9. The van der Waals surface area contributed by atoms with Crippen molar-refractivity contribution < 1.29 is 13.3 Å². The Morgan fingerprint density at radius 2 is 1.75 bits per heavy atom. The number of hydrogen-bond donors (Lipinski definition) is 2. The quantitative estimate of drug-likeness (QED) is 0.669. The van der Waals surface area contributed by atoms with Gasteiger partial charge < -0.3 is 4.90 Å². The predicted molar refractivity (Wildman–Crippen MR) is 113 cm³/mol. The molecule has 0 spiro atoms. The van der Waals surface area contributed by atoms with Gasteiger partial charge in [0.25, 0.3) is 10.0 Å². The van der Waals surface area contributed by atoms with Crippen molar-refractivity contribution in [2.24, 2.45) is 0 Å². The molecule has 148 valence electrons. The van der Waals surface area contributed by atoms with Gasteiger partial charge in [0.05, 0.1) is 23.4 Å². The molecule has 0 bridgehead atoms. The number of aromatic nitrogens is 2. The van der Waals surface area contributed by atoms with Gasteiger partial charge in [0.2, 0.25) is 0 Å². The minimum atomic E-state index is -3.72. The highest BCUT2D eigenvalue weighted by atomic mass is 32.2. The number of rotatable bonds is 5. The van der Waals surface area contributed by atoms with Crippen LogP contribution in [0.3, 0.4) is 0 Å². The highest BCUT2D eigenvalue weighted by molar-refractivity contribution is 7.92. The van der Waals surface area contributed by atoms with E-state index in [1.807, 2.05) is 20.8 Å². The van der Waals surface area contributed by atoms with E-state index in [9.17, 15) is 8.42 Å². The molecular formula is C20H25N4O2S2+. The largest absolute Gasteiger partial charge is 0.329 e. The predicted octanol–water partition coefficient (Wildman–Crippen LogP) is 2.60. The Hall–Kier alpha value is -2.03. The lowest BCUT2D eigenvalue weighted by Gasteiger charge is -2.13. The van der Waals surface area contributed by atoms with Crippen LogP contribution in [0.2, 0.25) is 0 Å². The summed E-state index contributed by atoms with van der Waals surface area (Å²) in [5.74, 6) is 1.09. The van der Waals surface area contributed by atoms with Crippen molar-refractivity contribution in [1.82, 2.24) is 9.97 Å². The molecule has 0 atom stereocenters. The fourth-order valence-electron chi connectivity index (χ4n) is 3.63. The van der Waals surface area contributed by atoms with E-state index in [-0.39, 0.29) is 4.90 Å². The topological polar surface area (TPSA) is 76.4 Å². The Labute approximate surface area is 169 Å². The number of aryl methyl sites for hydroxylation is 3. The number of likely N-dealkylation sites (tertiary alicyclic amines) is 1. The van der Waals surface area contributed by atoms with Gasteiger partial charge in [-0.1, -0.05) is 17.7 Å². The number of hydrogen-bond acceptors (Lipinski definition) is 5. The van der Waals surface area contributed by atoms with Crippen molar-refractivity contribution in [3.63, 3.8) is 0 Å². The summed E-state index contributed by atoms with van der Waals surface area (Å²) in [5, 5.41) is 0.804. The van der Waals surface area contributed by atoms with Gasteiger partial charge in [-0.05, 0) is 38.5 Å². The molecule has 2 aromatic heterocycles. The van der Waals surface area contributed by atoms with Gasteiger partial charge in [0.1, 0.15) is 11.4 Å². The Bertz CT molecular complexity index is 1120. The van der Waals surface area contributed by atoms with Crippen molar-refractivity contribution >= 4 is 37.4 Å². The van der Waals surface area contributed by atoms with Crippen LogP contribution in [0.15, 0.2) is 29.2 Å². The molecule has 0 saturated carbocycles. The minimum absolute atomic E-state index is 0.237. The fraction of sp³-hybridized carbons (Fsp3) is 0.400. The molecule has 1 saturated heterocycles. The highest BCUT2D eigenvalue weighted by Gasteiger charge is 2.23. The molecule has 2 N–H and O–H groups in total. The second kappa shape index (κ2) is 7.42. The summed E-state index contributed by atoms with van der Waals surface area (Å²) < 4.78 is 28.6. The zero-order valence-electron chi connectivity index (χ0n) is 16.4. The number of benzene rings is 1. The summed E-state index contributed by atoms with van der Waals surface area (Å²) in [6, 6.07) is 6.84. The van der Waals surface area contributed by atoms with Crippen molar-refractivity contribution in [2.45, 2.75) is 45.1 Å². The number of thiophene rings is 1. The molecule has 0 amide bonds. The maximum Gasteiger partial charge on any atom is 0.263 e. The van der Waals surface area contributed by atoms with Crippen LogP contribution in [0, 0.1) is 20.8 Å². The molecule has 1 aromatic carbocycles. The summed E-state index contributed by atoms with van der Waals surface area (Å²) in [7, 11) is -3.72. The molecular weight excluding hydrogens is 392 g/mol. The molecule has 3 aromatic rings. The highest BCUT2D eigenvalue weighted by Crippen LogP contribution is 2.34. The van der Waals surface area contributed by atoms with Gasteiger partial charge in [0, 0.05) is 17.7 Å². The molecule has 8 heteroatoms. The molecule has 6 nitrogen and oxygen atoms in total. The van der Waals surface area contributed by atoms with Crippen LogP contribution in [-0.4, -0.2) is 31.5 Å². The van der Waals surface area contributed by atoms with E-state index >= 15 is 0 Å². The van der Waals surface area contributed by atoms with E-state index in [2.05, 4.69) is 9.71 Å². The third-order valence-corrected chi connectivity index (χ3v) is 7.81. The van der Waals surface area contributed by atoms with E-state index in [0.717, 1.165) is 45.9 Å².